The Morgan fingerprint density at radius 1 is 0.238 bits per heavy atom. The van der Waals surface area contributed by atoms with Gasteiger partial charge >= 0.3 is 0 Å². The van der Waals surface area contributed by atoms with Crippen LogP contribution in [0.5, 0.6) is 0 Å². The van der Waals surface area contributed by atoms with Crippen molar-refractivity contribution >= 4 is 32.3 Å². The van der Waals surface area contributed by atoms with Gasteiger partial charge < -0.3 is 0 Å². The fraction of sp³-hybridized carbons (Fsp3) is 0. The van der Waals surface area contributed by atoms with E-state index in [-0.39, 0.29) is 0 Å². The van der Waals surface area contributed by atoms with Crippen LogP contribution in [0.25, 0.3) is 76.8 Å². The van der Waals surface area contributed by atoms with E-state index in [1.807, 2.05) is 0 Å². The lowest BCUT2D eigenvalue weighted by Crippen LogP contribution is -1.92. The third-order valence-electron chi connectivity index (χ3n) is 8.45. The van der Waals surface area contributed by atoms with Gasteiger partial charge in [-0.25, -0.2) is 0 Å². The molecule has 0 N–H and O–H groups in total. The van der Waals surface area contributed by atoms with Crippen LogP contribution in [0.2, 0.25) is 0 Å². The van der Waals surface area contributed by atoms with Gasteiger partial charge in [0.15, 0.2) is 0 Å². The largest absolute Gasteiger partial charge is 0.0622 e. The molecule has 8 aromatic carbocycles. The minimum absolute atomic E-state index is 1.22. The third-order valence-corrected chi connectivity index (χ3v) is 8.45. The summed E-state index contributed by atoms with van der Waals surface area (Å²) in [6.07, 6.45) is 0. The summed E-state index contributed by atoms with van der Waals surface area (Å²) in [7, 11) is 0. The lowest BCUT2D eigenvalue weighted by Gasteiger charge is -2.19. The monoisotopic (exact) mass is 532 g/mol. The summed E-state index contributed by atoms with van der Waals surface area (Å²) in [5.74, 6) is 0. The molecule has 0 heteroatoms. The van der Waals surface area contributed by atoms with Crippen LogP contribution in [-0.2, 0) is 0 Å². The van der Waals surface area contributed by atoms with E-state index in [9.17, 15) is 0 Å². The van der Waals surface area contributed by atoms with Gasteiger partial charge in [-0.1, -0.05) is 158 Å². The van der Waals surface area contributed by atoms with Crippen LogP contribution in [0.4, 0.5) is 0 Å². The van der Waals surface area contributed by atoms with Gasteiger partial charge in [0.1, 0.15) is 0 Å². The van der Waals surface area contributed by atoms with E-state index in [0.29, 0.717) is 0 Å². The first-order valence-electron chi connectivity index (χ1n) is 14.5. The third kappa shape index (κ3) is 4.08. The second kappa shape index (κ2) is 10.2. The van der Waals surface area contributed by atoms with Crippen molar-refractivity contribution in [1.82, 2.24) is 0 Å². The first-order chi connectivity index (χ1) is 20.8. The van der Waals surface area contributed by atoms with Crippen molar-refractivity contribution < 1.29 is 0 Å². The lowest BCUT2D eigenvalue weighted by molar-refractivity contribution is 1.59. The lowest BCUT2D eigenvalue weighted by atomic mass is 9.84. The normalized spacial score (nSPS) is 11.3. The molecule has 0 bridgehead atoms. The molecule has 0 aliphatic carbocycles. The van der Waals surface area contributed by atoms with Gasteiger partial charge in [-0.05, 0) is 89.0 Å². The summed E-state index contributed by atoms with van der Waals surface area (Å²) >= 11 is 0. The number of rotatable bonds is 4. The highest BCUT2D eigenvalue weighted by Crippen LogP contribution is 2.45. The van der Waals surface area contributed by atoms with Gasteiger partial charge in [0.2, 0.25) is 0 Å². The molecule has 0 heterocycles. The van der Waals surface area contributed by atoms with E-state index in [1.165, 1.54) is 76.8 Å². The molecule has 0 aliphatic heterocycles. The van der Waals surface area contributed by atoms with Crippen LogP contribution >= 0.6 is 0 Å². The van der Waals surface area contributed by atoms with Crippen LogP contribution in [0.15, 0.2) is 170 Å². The van der Waals surface area contributed by atoms with E-state index in [1.54, 1.807) is 0 Å². The van der Waals surface area contributed by atoms with Gasteiger partial charge in [0.05, 0.1) is 0 Å². The molecule has 0 spiro atoms. The molecule has 0 saturated heterocycles. The Morgan fingerprint density at radius 2 is 0.714 bits per heavy atom. The van der Waals surface area contributed by atoms with Crippen LogP contribution in [0.3, 0.4) is 0 Å². The predicted octanol–water partition coefficient (Wildman–Crippen LogP) is 11.8. The maximum atomic E-state index is 2.41. The predicted molar refractivity (Wildman–Crippen MR) is 181 cm³/mol. The summed E-state index contributed by atoms with van der Waals surface area (Å²) in [6, 6.07) is 61.8. The highest BCUT2D eigenvalue weighted by atomic mass is 14.2. The minimum atomic E-state index is 1.22. The van der Waals surface area contributed by atoms with Crippen molar-refractivity contribution in [3.63, 3.8) is 0 Å². The average molecular weight is 533 g/mol. The van der Waals surface area contributed by atoms with Gasteiger partial charge in [-0.2, -0.15) is 0 Å². The Balaban J connectivity index is 1.45. The molecule has 8 aromatic rings. The number of hydrogen-bond donors (Lipinski definition) is 0. The highest BCUT2D eigenvalue weighted by Gasteiger charge is 2.18. The number of fused-ring (bicyclic) bond motifs is 3. The Bertz CT molecular complexity index is 2170. The van der Waals surface area contributed by atoms with Gasteiger partial charge in [0, 0.05) is 0 Å². The maximum absolute atomic E-state index is 2.41. The molecule has 0 unspecified atom stereocenters. The van der Waals surface area contributed by atoms with Gasteiger partial charge in [0.25, 0.3) is 0 Å². The fourth-order valence-electron chi connectivity index (χ4n) is 6.52. The summed E-state index contributed by atoms with van der Waals surface area (Å²) in [5, 5.41) is 7.60. The van der Waals surface area contributed by atoms with E-state index < -0.39 is 0 Å². The average Bonchev–Trinajstić information content (AvgIpc) is 3.07. The zero-order valence-corrected chi connectivity index (χ0v) is 23.2. The SMILES string of the molecule is c1ccc(-c2ccc(-c3c4ccccc4c(-c4ccccc4)c4ccccc34)cc2-c2ccc3ccccc3c2)cc1. The molecule has 0 amide bonds. The summed E-state index contributed by atoms with van der Waals surface area (Å²) in [6.45, 7) is 0. The van der Waals surface area contributed by atoms with Crippen molar-refractivity contribution in [3.8, 4) is 44.5 Å². The quantitative estimate of drug-likeness (QED) is 0.198. The molecule has 0 aliphatic rings. The van der Waals surface area contributed by atoms with Crippen LogP contribution in [0.1, 0.15) is 0 Å². The van der Waals surface area contributed by atoms with E-state index in [0.717, 1.165) is 0 Å². The van der Waals surface area contributed by atoms with E-state index in [4.69, 9.17) is 0 Å². The highest BCUT2D eigenvalue weighted by molar-refractivity contribution is 6.21. The van der Waals surface area contributed by atoms with Crippen molar-refractivity contribution in [3.05, 3.63) is 170 Å². The fourth-order valence-corrected chi connectivity index (χ4v) is 6.52. The zero-order valence-electron chi connectivity index (χ0n) is 23.2. The Morgan fingerprint density at radius 3 is 1.33 bits per heavy atom. The molecule has 0 aromatic heterocycles. The molecule has 42 heavy (non-hydrogen) atoms. The van der Waals surface area contributed by atoms with Crippen molar-refractivity contribution in [2.24, 2.45) is 0 Å². The molecule has 0 fully saturated rings. The molecule has 8 rings (SSSR count). The topological polar surface area (TPSA) is 0 Å². The Labute approximate surface area is 246 Å². The smallest absolute Gasteiger partial charge is 0.00261 e. The van der Waals surface area contributed by atoms with Gasteiger partial charge in [-0.15, -0.1) is 0 Å². The van der Waals surface area contributed by atoms with Crippen LogP contribution in [0, 0.1) is 0 Å². The molecule has 0 radical (unpaired) electrons. The second-order valence-corrected chi connectivity index (χ2v) is 10.9. The molecular weight excluding hydrogens is 504 g/mol. The summed E-state index contributed by atoms with van der Waals surface area (Å²) in [4.78, 5) is 0. The van der Waals surface area contributed by atoms with E-state index in [2.05, 4.69) is 170 Å². The number of hydrogen-bond acceptors (Lipinski definition) is 0. The molecular formula is C42H28. The van der Waals surface area contributed by atoms with Crippen molar-refractivity contribution in [2.45, 2.75) is 0 Å². The molecule has 196 valence electrons. The second-order valence-electron chi connectivity index (χ2n) is 10.9. The van der Waals surface area contributed by atoms with Crippen LogP contribution < -0.4 is 0 Å². The van der Waals surface area contributed by atoms with Crippen molar-refractivity contribution in [1.29, 1.82) is 0 Å². The standard InChI is InChI=1S/C42H28/c1-3-14-30(15-4-1)35-26-25-34(28-40(35)33-24-23-29-13-7-8-18-32(29)27-33)42-38-21-11-9-19-36(38)41(31-16-5-2-6-17-31)37-20-10-12-22-39(37)42/h1-28H. The first-order valence-corrected chi connectivity index (χ1v) is 14.5. The molecule has 0 saturated carbocycles. The Hall–Kier alpha value is -5.46. The Kier molecular flexibility index (Phi) is 5.90. The zero-order chi connectivity index (χ0) is 27.9. The molecule has 0 nitrogen and oxygen atoms in total. The van der Waals surface area contributed by atoms with Crippen molar-refractivity contribution in [2.75, 3.05) is 0 Å². The summed E-state index contributed by atoms with van der Waals surface area (Å²) < 4.78 is 0. The van der Waals surface area contributed by atoms with Crippen LogP contribution in [-0.4, -0.2) is 0 Å². The first kappa shape index (κ1) is 24.3. The molecule has 0 atom stereocenters. The number of benzene rings is 8. The van der Waals surface area contributed by atoms with E-state index >= 15 is 0 Å². The summed E-state index contributed by atoms with van der Waals surface area (Å²) in [5.41, 5.74) is 9.97. The van der Waals surface area contributed by atoms with Gasteiger partial charge in [-0.3, -0.25) is 0 Å². The maximum Gasteiger partial charge on any atom is -0.00261 e. The minimum Gasteiger partial charge on any atom is -0.0622 e.